The molecule has 0 radical (unpaired) electrons. The maximum absolute atomic E-state index is 12.5. The smallest absolute Gasteiger partial charge is 0.244 e. The molecule has 0 bridgehead atoms. The van der Waals surface area contributed by atoms with Gasteiger partial charge in [-0.25, -0.2) is 13.1 Å². The number of benzene rings is 1. The van der Waals surface area contributed by atoms with Crippen LogP contribution in [0.3, 0.4) is 0 Å². The predicted octanol–water partition coefficient (Wildman–Crippen LogP) is 1.98. The van der Waals surface area contributed by atoms with Crippen molar-refractivity contribution in [3.63, 3.8) is 0 Å². The van der Waals surface area contributed by atoms with Crippen LogP contribution < -0.4 is 14.8 Å². The van der Waals surface area contributed by atoms with E-state index in [0.29, 0.717) is 5.69 Å². The number of anilines is 1. The van der Waals surface area contributed by atoms with Crippen molar-refractivity contribution >= 4 is 21.6 Å². The van der Waals surface area contributed by atoms with Crippen molar-refractivity contribution in [1.29, 1.82) is 0 Å². The first-order valence-corrected chi connectivity index (χ1v) is 8.13. The van der Waals surface area contributed by atoms with Gasteiger partial charge >= 0.3 is 0 Å². The average Bonchev–Trinajstić information content (AvgIpc) is 2.37. The fourth-order valence-corrected chi connectivity index (χ4v) is 3.20. The van der Waals surface area contributed by atoms with Crippen molar-refractivity contribution in [3.8, 4) is 5.75 Å². The Balaban J connectivity index is 3.22. The second kappa shape index (κ2) is 6.91. The van der Waals surface area contributed by atoms with E-state index in [1.165, 1.54) is 26.2 Å². The zero-order valence-electron chi connectivity index (χ0n) is 12.9. The van der Waals surface area contributed by atoms with Crippen LogP contribution in [0.15, 0.2) is 23.1 Å². The lowest BCUT2D eigenvalue weighted by Crippen LogP contribution is -2.36. The van der Waals surface area contributed by atoms with Crippen LogP contribution in [0.25, 0.3) is 0 Å². The van der Waals surface area contributed by atoms with Gasteiger partial charge in [-0.3, -0.25) is 4.79 Å². The standard InChI is InChI=1S/C14H22N2O4S/c1-9(2)10(3)16-21(18,19)14-8-12(15-11(4)17)6-7-13(14)20-5/h6-10,16H,1-5H3,(H,15,17)/t10-/m0/s1. The zero-order chi connectivity index (χ0) is 16.2. The van der Waals surface area contributed by atoms with Gasteiger partial charge in [0.2, 0.25) is 15.9 Å². The van der Waals surface area contributed by atoms with Gasteiger partial charge in [0.15, 0.2) is 0 Å². The summed E-state index contributed by atoms with van der Waals surface area (Å²) in [5, 5.41) is 2.56. The largest absolute Gasteiger partial charge is 0.495 e. The molecule has 0 aliphatic heterocycles. The van der Waals surface area contributed by atoms with E-state index in [4.69, 9.17) is 4.74 Å². The summed E-state index contributed by atoms with van der Waals surface area (Å²) >= 11 is 0. The van der Waals surface area contributed by atoms with Gasteiger partial charge in [-0.15, -0.1) is 0 Å². The van der Waals surface area contributed by atoms with E-state index in [1.54, 1.807) is 13.0 Å². The molecular weight excluding hydrogens is 292 g/mol. The molecule has 6 nitrogen and oxygen atoms in total. The molecule has 0 saturated heterocycles. The maximum atomic E-state index is 12.5. The Hall–Kier alpha value is -1.60. The topological polar surface area (TPSA) is 84.5 Å². The summed E-state index contributed by atoms with van der Waals surface area (Å²) in [6.45, 7) is 7.01. The molecular formula is C14H22N2O4S. The third-order valence-electron chi connectivity index (χ3n) is 3.11. The fraction of sp³-hybridized carbons (Fsp3) is 0.500. The number of carbonyl (C=O) groups is 1. The van der Waals surface area contributed by atoms with Crippen LogP contribution in [-0.2, 0) is 14.8 Å². The lowest BCUT2D eigenvalue weighted by molar-refractivity contribution is -0.114. The average molecular weight is 314 g/mol. The Bertz CT molecular complexity index is 611. The summed E-state index contributed by atoms with van der Waals surface area (Å²) in [6, 6.07) is 4.27. The number of hydrogen-bond acceptors (Lipinski definition) is 4. The molecule has 0 aromatic heterocycles. The van der Waals surface area contributed by atoms with Crippen LogP contribution in [0.2, 0.25) is 0 Å². The molecule has 1 rings (SSSR count). The SMILES string of the molecule is COc1ccc(NC(C)=O)cc1S(=O)(=O)N[C@@H](C)C(C)C. The number of nitrogens with one attached hydrogen (secondary N) is 2. The minimum Gasteiger partial charge on any atom is -0.495 e. The zero-order valence-corrected chi connectivity index (χ0v) is 13.7. The minimum atomic E-state index is -3.73. The van der Waals surface area contributed by atoms with E-state index >= 15 is 0 Å². The van der Waals surface area contributed by atoms with E-state index in [-0.39, 0.29) is 28.5 Å². The Kier molecular flexibility index (Phi) is 5.74. The quantitative estimate of drug-likeness (QED) is 0.841. The highest BCUT2D eigenvalue weighted by atomic mass is 32.2. The van der Waals surface area contributed by atoms with Crippen LogP contribution in [0.1, 0.15) is 27.7 Å². The molecule has 0 spiro atoms. The van der Waals surface area contributed by atoms with Gasteiger partial charge in [0.05, 0.1) is 7.11 Å². The number of hydrogen-bond donors (Lipinski definition) is 2. The summed E-state index contributed by atoms with van der Waals surface area (Å²) in [5.74, 6) is 0.115. The monoisotopic (exact) mass is 314 g/mol. The van der Waals surface area contributed by atoms with Crippen LogP contribution in [-0.4, -0.2) is 27.5 Å². The van der Waals surface area contributed by atoms with E-state index in [9.17, 15) is 13.2 Å². The summed E-state index contributed by atoms with van der Waals surface area (Å²) in [6.07, 6.45) is 0. The molecule has 0 saturated carbocycles. The van der Waals surface area contributed by atoms with Gasteiger partial charge < -0.3 is 10.1 Å². The van der Waals surface area contributed by atoms with Crippen LogP contribution >= 0.6 is 0 Å². The van der Waals surface area contributed by atoms with Gasteiger partial charge in [0, 0.05) is 18.7 Å². The summed E-state index contributed by atoms with van der Waals surface area (Å²) < 4.78 is 32.6. The van der Waals surface area contributed by atoms with Crippen LogP contribution in [0.5, 0.6) is 5.75 Å². The molecule has 1 amide bonds. The maximum Gasteiger partial charge on any atom is 0.244 e. The molecule has 1 aromatic carbocycles. The van der Waals surface area contributed by atoms with Gasteiger partial charge in [-0.2, -0.15) is 0 Å². The first-order chi connectivity index (χ1) is 9.67. The van der Waals surface area contributed by atoms with Crippen LogP contribution in [0, 0.1) is 5.92 Å². The molecule has 7 heteroatoms. The minimum absolute atomic E-state index is 0.00347. The molecule has 0 unspecified atom stereocenters. The molecule has 1 aromatic rings. The van der Waals surface area contributed by atoms with Crippen molar-refractivity contribution in [3.05, 3.63) is 18.2 Å². The number of methoxy groups -OCH3 is 1. The number of ether oxygens (including phenoxy) is 1. The molecule has 2 N–H and O–H groups in total. The van der Waals surface area contributed by atoms with Gasteiger partial charge in [0.1, 0.15) is 10.6 Å². The summed E-state index contributed by atoms with van der Waals surface area (Å²) in [7, 11) is -2.33. The second-order valence-electron chi connectivity index (χ2n) is 5.20. The van der Waals surface area contributed by atoms with E-state index in [1.807, 2.05) is 13.8 Å². The molecule has 0 aliphatic rings. The Labute approximate surface area is 125 Å². The molecule has 0 heterocycles. The number of sulfonamides is 1. The Morgan fingerprint density at radius 2 is 1.86 bits per heavy atom. The molecule has 1 atom stereocenters. The van der Waals surface area contributed by atoms with Crippen molar-refractivity contribution < 1.29 is 17.9 Å². The van der Waals surface area contributed by atoms with Crippen molar-refractivity contribution in [2.24, 2.45) is 5.92 Å². The van der Waals surface area contributed by atoms with Crippen LogP contribution in [0.4, 0.5) is 5.69 Å². The highest BCUT2D eigenvalue weighted by Gasteiger charge is 2.23. The highest BCUT2D eigenvalue weighted by molar-refractivity contribution is 7.89. The molecule has 0 fully saturated rings. The second-order valence-corrected chi connectivity index (χ2v) is 6.88. The first kappa shape index (κ1) is 17.5. The number of amides is 1. The van der Waals surface area contributed by atoms with E-state index in [0.717, 1.165) is 0 Å². The van der Waals surface area contributed by atoms with Gasteiger partial charge in [-0.1, -0.05) is 13.8 Å². The lowest BCUT2D eigenvalue weighted by Gasteiger charge is -2.19. The van der Waals surface area contributed by atoms with E-state index in [2.05, 4.69) is 10.0 Å². The van der Waals surface area contributed by atoms with Gasteiger partial charge in [0.25, 0.3) is 0 Å². The summed E-state index contributed by atoms with van der Waals surface area (Å²) in [4.78, 5) is 11.1. The normalized spacial score (nSPS) is 13.0. The Morgan fingerprint density at radius 3 is 2.33 bits per heavy atom. The molecule has 21 heavy (non-hydrogen) atoms. The van der Waals surface area contributed by atoms with E-state index < -0.39 is 10.0 Å². The van der Waals surface area contributed by atoms with Crippen molar-refractivity contribution in [2.45, 2.75) is 38.6 Å². The highest BCUT2D eigenvalue weighted by Crippen LogP contribution is 2.27. The third-order valence-corrected chi connectivity index (χ3v) is 4.69. The van der Waals surface area contributed by atoms with Crippen molar-refractivity contribution in [1.82, 2.24) is 4.72 Å². The fourth-order valence-electron chi connectivity index (χ4n) is 1.61. The third kappa shape index (κ3) is 4.71. The predicted molar refractivity (Wildman–Crippen MR) is 81.9 cm³/mol. The number of carbonyl (C=O) groups excluding carboxylic acids is 1. The number of rotatable bonds is 6. The molecule has 0 aliphatic carbocycles. The molecule has 118 valence electrons. The van der Waals surface area contributed by atoms with Gasteiger partial charge in [-0.05, 0) is 31.0 Å². The summed E-state index contributed by atoms with van der Waals surface area (Å²) in [5.41, 5.74) is 0.404. The lowest BCUT2D eigenvalue weighted by atomic mass is 10.1. The van der Waals surface area contributed by atoms with Crippen molar-refractivity contribution in [2.75, 3.05) is 12.4 Å². The Morgan fingerprint density at radius 1 is 1.24 bits per heavy atom. The first-order valence-electron chi connectivity index (χ1n) is 6.65.